The SMILES string of the molecule is CCOc1ccc(/C=C/C(=O)C2=C(C)N(CC)C(=O)NC2c2ccccc2)cc1. The Morgan fingerprint density at radius 2 is 1.79 bits per heavy atom. The van der Waals surface area contributed by atoms with Gasteiger partial charge < -0.3 is 10.1 Å². The first kappa shape index (κ1) is 20.4. The number of amides is 2. The van der Waals surface area contributed by atoms with Gasteiger partial charge in [-0.3, -0.25) is 9.69 Å². The van der Waals surface area contributed by atoms with Crippen LogP contribution in [-0.4, -0.2) is 29.9 Å². The normalized spacial score (nSPS) is 16.9. The zero-order valence-corrected chi connectivity index (χ0v) is 17.0. The molecule has 5 nitrogen and oxygen atoms in total. The average Bonchev–Trinajstić information content (AvgIpc) is 2.74. The van der Waals surface area contributed by atoms with Crippen LogP contribution in [0.4, 0.5) is 4.79 Å². The second kappa shape index (κ2) is 9.24. The van der Waals surface area contributed by atoms with Crippen LogP contribution >= 0.6 is 0 Å². The molecule has 2 aromatic carbocycles. The molecule has 0 fully saturated rings. The van der Waals surface area contributed by atoms with Gasteiger partial charge in [-0.2, -0.15) is 0 Å². The molecule has 29 heavy (non-hydrogen) atoms. The molecule has 1 aliphatic heterocycles. The number of ether oxygens (including phenoxy) is 1. The van der Waals surface area contributed by atoms with Crippen LogP contribution in [0.5, 0.6) is 5.75 Å². The minimum atomic E-state index is -0.469. The van der Waals surface area contributed by atoms with Crippen LogP contribution in [-0.2, 0) is 4.79 Å². The maximum Gasteiger partial charge on any atom is 0.322 e. The highest BCUT2D eigenvalue weighted by Crippen LogP contribution is 2.31. The number of nitrogens with zero attached hydrogens (tertiary/aromatic N) is 1. The molecular weight excluding hydrogens is 364 g/mol. The molecule has 0 bridgehead atoms. The van der Waals surface area contributed by atoms with E-state index in [1.807, 2.05) is 75.4 Å². The van der Waals surface area contributed by atoms with E-state index in [2.05, 4.69) is 5.32 Å². The quantitative estimate of drug-likeness (QED) is 0.696. The van der Waals surface area contributed by atoms with Gasteiger partial charge in [0.2, 0.25) is 0 Å². The minimum absolute atomic E-state index is 0.122. The lowest BCUT2D eigenvalue weighted by Crippen LogP contribution is -2.47. The maximum absolute atomic E-state index is 13.2. The predicted octanol–water partition coefficient (Wildman–Crippen LogP) is 4.73. The number of carbonyl (C=O) groups is 2. The van der Waals surface area contributed by atoms with Gasteiger partial charge >= 0.3 is 6.03 Å². The van der Waals surface area contributed by atoms with E-state index in [1.165, 1.54) is 0 Å². The second-order valence-corrected chi connectivity index (χ2v) is 6.74. The summed E-state index contributed by atoms with van der Waals surface area (Å²) in [6.45, 7) is 6.77. The molecule has 2 amide bonds. The Kier molecular flexibility index (Phi) is 6.50. The van der Waals surface area contributed by atoms with E-state index in [0.717, 1.165) is 16.9 Å². The van der Waals surface area contributed by atoms with Gasteiger partial charge in [0, 0.05) is 17.8 Å². The van der Waals surface area contributed by atoms with Gasteiger partial charge in [-0.1, -0.05) is 48.5 Å². The molecule has 0 saturated carbocycles. The topological polar surface area (TPSA) is 58.6 Å². The first-order valence-electron chi connectivity index (χ1n) is 9.84. The van der Waals surface area contributed by atoms with Gasteiger partial charge in [-0.15, -0.1) is 0 Å². The van der Waals surface area contributed by atoms with Crippen molar-refractivity contribution in [3.63, 3.8) is 0 Å². The summed E-state index contributed by atoms with van der Waals surface area (Å²) in [5.41, 5.74) is 3.06. The summed E-state index contributed by atoms with van der Waals surface area (Å²) in [5.74, 6) is 0.677. The first-order valence-corrected chi connectivity index (χ1v) is 9.84. The number of urea groups is 1. The minimum Gasteiger partial charge on any atom is -0.494 e. The van der Waals surface area contributed by atoms with Crippen molar-refractivity contribution in [1.82, 2.24) is 10.2 Å². The van der Waals surface area contributed by atoms with E-state index >= 15 is 0 Å². The summed E-state index contributed by atoms with van der Waals surface area (Å²) >= 11 is 0. The van der Waals surface area contributed by atoms with Crippen LogP contribution in [0.3, 0.4) is 0 Å². The summed E-state index contributed by atoms with van der Waals surface area (Å²) in [6, 6.07) is 16.5. The average molecular weight is 390 g/mol. The molecule has 5 heteroatoms. The Labute approximate surface area is 171 Å². The van der Waals surface area contributed by atoms with Crippen LogP contribution in [0.25, 0.3) is 6.08 Å². The summed E-state index contributed by atoms with van der Waals surface area (Å²) in [5, 5.41) is 2.97. The zero-order valence-electron chi connectivity index (χ0n) is 17.0. The molecule has 0 aromatic heterocycles. The monoisotopic (exact) mass is 390 g/mol. The molecule has 1 aliphatic rings. The number of benzene rings is 2. The summed E-state index contributed by atoms with van der Waals surface area (Å²) in [4.78, 5) is 27.2. The van der Waals surface area contributed by atoms with Crippen LogP contribution in [0, 0.1) is 0 Å². The largest absolute Gasteiger partial charge is 0.494 e. The molecule has 0 radical (unpaired) electrons. The fourth-order valence-corrected chi connectivity index (χ4v) is 3.48. The summed E-state index contributed by atoms with van der Waals surface area (Å²) in [6.07, 6.45) is 3.35. The van der Waals surface area contributed by atoms with Gasteiger partial charge in [-0.05, 0) is 50.1 Å². The van der Waals surface area contributed by atoms with E-state index < -0.39 is 6.04 Å². The highest BCUT2D eigenvalue weighted by atomic mass is 16.5. The number of carbonyl (C=O) groups excluding carboxylic acids is 2. The summed E-state index contributed by atoms with van der Waals surface area (Å²) in [7, 11) is 0. The molecule has 1 atom stereocenters. The lowest BCUT2D eigenvalue weighted by atomic mass is 9.91. The third-order valence-corrected chi connectivity index (χ3v) is 4.93. The van der Waals surface area contributed by atoms with Crippen LogP contribution in [0.15, 0.2) is 71.9 Å². The van der Waals surface area contributed by atoms with Gasteiger partial charge in [0.25, 0.3) is 0 Å². The van der Waals surface area contributed by atoms with Crippen molar-refractivity contribution in [2.75, 3.05) is 13.2 Å². The molecule has 0 saturated heterocycles. The van der Waals surface area contributed by atoms with E-state index in [-0.39, 0.29) is 11.8 Å². The van der Waals surface area contributed by atoms with Gasteiger partial charge in [0.1, 0.15) is 5.75 Å². The zero-order chi connectivity index (χ0) is 20.8. The van der Waals surface area contributed by atoms with E-state index in [1.54, 1.807) is 17.1 Å². The van der Waals surface area contributed by atoms with E-state index in [0.29, 0.717) is 24.4 Å². The highest BCUT2D eigenvalue weighted by molar-refractivity contribution is 6.09. The second-order valence-electron chi connectivity index (χ2n) is 6.74. The lowest BCUT2D eigenvalue weighted by molar-refractivity contribution is -0.111. The van der Waals surface area contributed by atoms with Gasteiger partial charge in [-0.25, -0.2) is 4.79 Å². The molecule has 1 unspecified atom stereocenters. The van der Waals surface area contributed by atoms with Crippen molar-refractivity contribution in [3.8, 4) is 5.75 Å². The van der Waals surface area contributed by atoms with Crippen molar-refractivity contribution in [2.45, 2.75) is 26.8 Å². The highest BCUT2D eigenvalue weighted by Gasteiger charge is 2.33. The molecule has 1 heterocycles. The Balaban J connectivity index is 1.91. The number of hydrogen-bond donors (Lipinski definition) is 1. The van der Waals surface area contributed by atoms with E-state index in [9.17, 15) is 9.59 Å². The smallest absolute Gasteiger partial charge is 0.322 e. The van der Waals surface area contributed by atoms with Crippen molar-refractivity contribution in [1.29, 1.82) is 0 Å². The number of hydrogen-bond acceptors (Lipinski definition) is 3. The third-order valence-electron chi connectivity index (χ3n) is 4.93. The molecule has 2 aromatic rings. The molecule has 150 valence electrons. The fraction of sp³-hybridized carbons (Fsp3) is 0.250. The van der Waals surface area contributed by atoms with Crippen LogP contribution in [0.1, 0.15) is 37.9 Å². The molecule has 3 rings (SSSR count). The molecular formula is C24H26N2O3. The fourth-order valence-electron chi connectivity index (χ4n) is 3.48. The van der Waals surface area contributed by atoms with Gasteiger partial charge in [0.15, 0.2) is 5.78 Å². The molecule has 1 N–H and O–H groups in total. The molecule has 0 spiro atoms. The Hall–Kier alpha value is -3.34. The Morgan fingerprint density at radius 1 is 1.10 bits per heavy atom. The van der Waals surface area contributed by atoms with Gasteiger partial charge in [0.05, 0.1) is 12.6 Å². The molecule has 0 aliphatic carbocycles. The van der Waals surface area contributed by atoms with Crippen molar-refractivity contribution in [2.24, 2.45) is 0 Å². The lowest BCUT2D eigenvalue weighted by Gasteiger charge is -2.35. The number of nitrogens with one attached hydrogen (secondary N) is 1. The van der Waals surface area contributed by atoms with Crippen LogP contribution < -0.4 is 10.1 Å². The van der Waals surface area contributed by atoms with Crippen molar-refractivity contribution >= 4 is 17.9 Å². The maximum atomic E-state index is 13.2. The van der Waals surface area contributed by atoms with Crippen molar-refractivity contribution in [3.05, 3.63) is 83.1 Å². The van der Waals surface area contributed by atoms with Crippen LogP contribution in [0.2, 0.25) is 0 Å². The van der Waals surface area contributed by atoms with Crippen molar-refractivity contribution < 1.29 is 14.3 Å². The standard InChI is InChI=1S/C24H26N2O3/c1-4-26-17(3)22(23(25-24(26)28)19-9-7-6-8-10-19)21(27)16-13-18-11-14-20(15-12-18)29-5-2/h6-16,23H,4-5H2,1-3H3,(H,25,28)/b16-13+. The summed E-state index contributed by atoms with van der Waals surface area (Å²) < 4.78 is 5.45. The number of rotatable bonds is 7. The third kappa shape index (κ3) is 4.57. The Bertz CT molecular complexity index is 930. The van der Waals surface area contributed by atoms with E-state index in [4.69, 9.17) is 4.74 Å². The number of ketones is 1. The first-order chi connectivity index (χ1) is 14.0. The number of allylic oxidation sites excluding steroid dienone is 2. The Morgan fingerprint density at radius 3 is 2.41 bits per heavy atom. The predicted molar refractivity (Wildman–Crippen MR) is 114 cm³/mol.